The lowest BCUT2D eigenvalue weighted by molar-refractivity contribution is 0.0931. The van der Waals surface area contributed by atoms with Gasteiger partial charge in [-0.2, -0.15) is 9.78 Å². The quantitative estimate of drug-likeness (QED) is 0.765. The van der Waals surface area contributed by atoms with Crippen molar-refractivity contribution in [3.8, 4) is 5.88 Å². The van der Waals surface area contributed by atoms with Crippen molar-refractivity contribution in [1.29, 1.82) is 0 Å². The Balaban J connectivity index is 1.39. The van der Waals surface area contributed by atoms with E-state index in [1.165, 1.54) is 12.7 Å². The summed E-state index contributed by atoms with van der Waals surface area (Å²) in [6.07, 6.45) is 6.42. The first-order valence-electron chi connectivity index (χ1n) is 8.22. The summed E-state index contributed by atoms with van der Waals surface area (Å²) in [5.74, 6) is 0.535. The molecule has 3 atom stereocenters. The fraction of sp³-hybridized carbons (Fsp3) is 0.353. The molecule has 1 aromatic carbocycles. The average molecular weight is 323 g/mol. The Labute approximate surface area is 138 Å². The van der Waals surface area contributed by atoms with Gasteiger partial charge in [-0.1, -0.05) is 6.07 Å². The first kappa shape index (κ1) is 13.7. The molecule has 0 radical (unpaired) electrons. The average Bonchev–Trinajstić information content (AvgIpc) is 3.35. The standard InChI is InChI=1S/C17H17N5O2/c23-17(21-14-7-12-3-4-13(14)20-12)11-2-1-10-6-16(24-15(10)5-11)22-9-18-8-19-22/h1-2,5-6,8-9,12-14,20H,3-4,7H2,(H,21,23)/t12-,13+,14-/m1/s1. The topological polar surface area (TPSA) is 85.0 Å². The van der Waals surface area contributed by atoms with Crippen LogP contribution in [-0.4, -0.2) is 38.8 Å². The molecule has 2 fully saturated rings. The molecule has 2 N–H and O–H groups in total. The van der Waals surface area contributed by atoms with Crippen LogP contribution in [0.3, 0.4) is 0 Å². The van der Waals surface area contributed by atoms with Gasteiger partial charge in [0, 0.05) is 35.1 Å². The molecule has 2 aromatic heterocycles. The highest BCUT2D eigenvalue weighted by molar-refractivity contribution is 5.98. The Morgan fingerprint density at radius 2 is 2.29 bits per heavy atom. The third-order valence-electron chi connectivity index (χ3n) is 5.03. The summed E-state index contributed by atoms with van der Waals surface area (Å²) < 4.78 is 7.35. The van der Waals surface area contributed by atoms with Gasteiger partial charge in [-0.05, 0) is 31.4 Å². The van der Waals surface area contributed by atoms with Crippen molar-refractivity contribution in [2.24, 2.45) is 0 Å². The van der Waals surface area contributed by atoms with Crippen LogP contribution in [0.1, 0.15) is 29.6 Å². The molecule has 2 saturated heterocycles. The number of carbonyl (C=O) groups is 1. The molecule has 0 unspecified atom stereocenters. The molecule has 2 aliphatic heterocycles. The molecule has 1 amide bonds. The maximum absolute atomic E-state index is 12.5. The van der Waals surface area contributed by atoms with Gasteiger partial charge in [0.05, 0.1) is 0 Å². The van der Waals surface area contributed by atoms with Crippen LogP contribution in [0.2, 0.25) is 0 Å². The zero-order valence-electron chi connectivity index (χ0n) is 13.0. The van der Waals surface area contributed by atoms with E-state index in [9.17, 15) is 4.79 Å². The first-order chi connectivity index (χ1) is 11.8. The fourth-order valence-corrected chi connectivity index (χ4v) is 3.83. The largest absolute Gasteiger partial charge is 0.438 e. The van der Waals surface area contributed by atoms with Gasteiger partial charge < -0.3 is 15.1 Å². The number of nitrogens with zero attached hydrogens (tertiary/aromatic N) is 3. The molecule has 0 spiro atoms. The minimum absolute atomic E-state index is 0.0463. The summed E-state index contributed by atoms with van der Waals surface area (Å²) in [4.78, 5) is 16.5. The Kier molecular flexibility index (Phi) is 2.96. The molecular weight excluding hydrogens is 306 g/mol. The van der Waals surface area contributed by atoms with Gasteiger partial charge in [0.15, 0.2) is 0 Å². The minimum atomic E-state index is -0.0463. The van der Waals surface area contributed by atoms with Gasteiger partial charge in [-0.15, -0.1) is 0 Å². The number of benzene rings is 1. The van der Waals surface area contributed by atoms with E-state index in [4.69, 9.17) is 4.42 Å². The summed E-state index contributed by atoms with van der Waals surface area (Å²) in [6.45, 7) is 0. The van der Waals surface area contributed by atoms with Crippen molar-refractivity contribution in [1.82, 2.24) is 25.4 Å². The van der Waals surface area contributed by atoms with E-state index >= 15 is 0 Å². The third kappa shape index (κ3) is 2.20. The number of nitrogens with one attached hydrogen (secondary N) is 2. The van der Waals surface area contributed by atoms with E-state index in [1.807, 2.05) is 18.2 Å². The number of furan rings is 1. The Morgan fingerprint density at radius 1 is 1.33 bits per heavy atom. The second kappa shape index (κ2) is 5.17. The zero-order chi connectivity index (χ0) is 16.1. The number of carbonyl (C=O) groups excluding carboxylic acids is 1. The molecule has 2 aliphatic rings. The van der Waals surface area contributed by atoms with Crippen LogP contribution < -0.4 is 10.6 Å². The Bertz CT molecular complexity index is 901. The number of fused-ring (bicyclic) bond motifs is 3. The van der Waals surface area contributed by atoms with E-state index in [1.54, 1.807) is 17.1 Å². The molecule has 2 bridgehead atoms. The second-order valence-electron chi connectivity index (χ2n) is 6.54. The lowest BCUT2D eigenvalue weighted by Crippen LogP contribution is -2.42. The van der Waals surface area contributed by atoms with Crippen LogP contribution in [0.4, 0.5) is 0 Å². The van der Waals surface area contributed by atoms with Crippen LogP contribution in [0, 0.1) is 0 Å². The van der Waals surface area contributed by atoms with E-state index in [2.05, 4.69) is 20.7 Å². The number of aromatic nitrogens is 3. The Hall–Kier alpha value is -2.67. The molecule has 5 rings (SSSR count). The Morgan fingerprint density at radius 3 is 3.04 bits per heavy atom. The predicted octanol–water partition coefficient (Wildman–Crippen LogP) is 1.64. The van der Waals surface area contributed by atoms with E-state index in [-0.39, 0.29) is 11.9 Å². The van der Waals surface area contributed by atoms with Crippen LogP contribution in [0.25, 0.3) is 16.9 Å². The van der Waals surface area contributed by atoms with Gasteiger partial charge in [0.25, 0.3) is 5.91 Å². The number of hydrogen-bond acceptors (Lipinski definition) is 5. The number of amides is 1. The molecule has 4 heterocycles. The molecule has 7 nitrogen and oxygen atoms in total. The third-order valence-corrected chi connectivity index (χ3v) is 5.03. The van der Waals surface area contributed by atoms with Crippen LogP contribution in [-0.2, 0) is 0 Å². The molecular formula is C17H17N5O2. The molecule has 3 aromatic rings. The molecule has 0 aliphatic carbocycles. The van der Waals surface area contributed by atoms with E-state index in [0.717, 1.165) is 18.2 Å². The zero-order valence-corrected chi connectivity index (χ0v) is 13.0. The lowest BCUT2D eigenvalue weighted by Gasteiger charge is -2.21. The predicted molar refractivity (Wildman–Crippen MR) is 86.9 cm³/mol. The molecule has 24 heavy (non-hydrogen) atoms. The van der Waals surface area contributed by atoms with Crippen LogP contribution >= 0.6 is 0 Å². The van der Waals surface area contributed by atoms with Gasteiger partial charge in [-0.3, -0.25) is 4.79 Å². The summed E-state index contributed by atoms with van der Waals surface area (Å²) in [5.41, 5.74) is 1.28. The minimum Gasteiger partial charge on any atom is -0.438 e. The molecule has 122 valence electrons. The van der Waals surface area contributed by atoms with Crippen LogP contribution in [0.15, 0.2) is 41.3 Å². The SMILES string of the molecule is O=C(N[C@@H]1C[C@H]2CC[C@@H]1N2)c1ccc2cc(-n3cncn3)oc2c1. The first-order valence-corrected chi connectivity index (χ1v) is 8.22. The number of hydrogen-bond donors (Lipinski definition) is 2. The van der Waals surface area contributed by atoms with Crippen molar-refractivity contribution in [3.63, 3.8) is 0 Å². The molecule has 7 heteroatoms. The fourth-order valence-electron chi connectivity index (χ4n) is 3.83. The van der Waals surface area contributed by atoms with Crippen molar-refractivity contribution >= 4 is 16.9 Å². The van der Waals surface area contributed by atoms with Crippen molar-refractivity contribution in [3.05, 3.63) is 42.5 Å². The summed E-state index contributed by atoms with van der Waals surface area (Å²) in [6, 6.07) is 8.61. The molecule has 0 saturated carbocycles. The highest BCUT2D eigenvalue weighted by atomic mass is 16.4. The normalized spacial score (nSPS) is 25.4. The monoisotopic (exact) mass is 323 g/mol. The van der Waals surface area contributed by atoms with Crippen LogP contribution in [0.5, 0.6) is 0 Å². The summed E-state index contributed by atoms with van der Waals surface area (Å²) >= 11 is 0. The maximum atomic E-state index is 12.5. The van der Waals surface area contributed by atoms with Crippen molar-refractivity contribution < 1.29 is 9.21 Å². The number of rotatable bonds is 3. The van der Waals surface area contributed by atoms with E-state index < -0.39 is 0 Å². The van der Waals surface area contributed by atoms with Crippen molar-refractivity contribution in [2.45, 2.75) is 37.4 Å². The van der Waals surface area contributed by atoms with E-state index in [0.29, 0.717) is 29.1 Å². The highest BCUT2D eigenvalue weighted by Gasteiger charge is 2.39. The highest BCUT2D eigenvalue weighted by Crippen LogP contribution is 2.29. The van der Waals surface area contributed by atoms with Gasteiger partial charge in [-0.25, -0.2) is 4.98 Å². The smallest absolute Gasteiger partial charge is 0.251 e. The second-order valence-corrected chi connectivity index (χ2v) is 6.54. The van der Waals surface area contributed by atoms with Gasteiger partial charge >= 0.3 is 0 Å². The summed E-state index contributed by atoms with van der Waals surface area (Å²) in [5, 5.41) is 11.7. The lowest BCUT2D eigenvalue weighted by atomic mass is 9.95. The van der Waals surface area contributed by atoms with Gasteiger partial charge in [0.2, 0.25) is 5.88 Å². The maximum Gasteiger partial charge on any atom is 0.251 e. The summed E-state index contributed by atoms with van der Waals surface area (Å²) in [7, 11) is 0. The van der Waals surface area contributed by atoms with Gasteiger partial charge in [0.1, 0.15) is 18.2 Å². The van der Waals surface area contributed by atoms with Crippen molar-refractivity contribution in [2.75, 3.05) is 0 Å².